The second-order valence-corrected chi connectivity index (χ2v) is 4.89. The highest BCUT2D eigenvalue weighted by Crippen LogP contribution is 2.34. The molecule has 2 N–H and O–H groups in total. The molecule has 0 aromatic carbocycles. The molecule has 4 heteroatoms. The molecule has 1 aliphatic heterocycles. The van der Waals surface area contributed by atoms with Crippen LogP contribution in [-0.4, -0.2) is 16.1 Å². The van der Waals surface area contributed by atoms with Crippen molar-refractivity contribution in [3.05, 3.63) is 16.7 Å². The van der Waals surface area contributed by atoms with Crippen LogP contribution < -0.4 is 5.73 Å². The number of hydrogen-bond donors (Lipinski definition) is 1. The van der Waals surface area contributed by atoms with Gasteiger partial charge in [0.2, 0.25) is 0 Å². The van der Waals surface area contributed by atoms with Gasteiger partial charge in [0.05, 0.1) is 5.69 Å². The van der Waals surface area contributed by atoms with Crippen LogP contribution in [0.25, 0.3) is 0 Å². The Kier molecular flexibility index (Phi) is 3.03. The van der Waals surface area contributed by atoms with E-state index in [1.807, 2.05) is 0 Å². The molecule has 2 heterocycles. The smallest absolute Gasteiger partial charge is 0.150 e. The summed E-state index contributed by atoms with van der Waals surface area (Å²) < 4.78 is 2.27. The van der Waals surface area contributed by atoms with E-state index in [2.05, 4.69) is 23.4 Å². The Labute approximate surface area is 95.6 Å². The molecule has 0 spiro atoms. The lowest BCUT2D eigenvalue weighted by Crippen LogP contribution is -2.23. The van der Waals surface area contributed by atoms with Crippen molar-refractivity contribution in [2.75, 3.05) is 6.54 Å². The zero-order chi connectivity index (χ0) is 11.0. The summed E-state index contributed by atoms with van der Waals surface area (Å²) >= 11 is 6.19. The molecular weight excluding hydrogens is 210 g/mol. The normalized spacial score (nSPS) is 20.7. The first-order valence-electron chi connectivity index (χ1n) is 5.61. The third kappa shape index (κ3) is 1.79. The Bertz CT molecular complexity index is 357. The van der Waals surface area contributed by atoms with Crippen molar-refractivity contribution < 1.29 is 0 Å². The third-order valence-electron chi connectivity index (χ3n) is 3.11. The quantitative estimate of drug-likeness (QED) is 0.844. The SMILES string of the molecule is CC(C)c1nc(Cl)c2n1CCCC2CN. The summed E-state index contributed by atoms with van der Waals surface area (Å²) in [6.07, 6.45) is 2.32. The fourth-order valence-electron chi connectivity index (χ4n) is 2.38. The summed E-state index contributed by atoms with van der Waals surface area (Å²) in [4.78, 5) is 4.46. The van der Waals surface area contributed by atoms with Gasteiger partial charge in [-0.05, 0) is 12.8 Å². The number of imidazole rings is 1. The van der Waals surface area contributed by atoms with Crippen LogP contribution in [0.15, 0.2) is 0 Å². The average molecular weight is 228 g/mol. The molecular formula is C11H18ClN3. The largest absolute Gasteiger partial charge is 0.330 e. The van der Waals surface area contributed by atoms with E-state index in [4.69, 9.17) is 17.3 Å². The molecule has 1 aromatic rings. The highest BCUT2D eigenvalue weighted by atomic mass is 35.5. The summed E-state index contributed by atoms with van der Waals surface area (Å²) in [6, 6.07) is 0. The van der Waals surface area contributed by atoms with Crippen molar-refractivity contribution in [1.82, 2.24) is 9.55 Å². The summed E-state index contributed by atoms with van der Waals surface area (Å²) in [5.74, 6) is 1.92. The third-order valence-corrected chi connectivity index (χ3v) is 3.39. The van der Waals surface area contributed by atoms with E-state index >= 15 is 0 Å². The molecule has 1 atom stereocenters. The Morgan fingerprint density at radius 3 is 2.93 bits per heavy atom. The molecule has 0 fully saturated rings. The zero-order valence-electron chi connectivity index (χ0n) is 9.33. The van der Waals surface area contributed by atoms with Crippen LogP contribution in [-0.2, 0) is 6.54 Å². The highest BCUT2D eigenvalue weighted by Gasteiger charge is 2.26. The Morgan fingerprint density at radius 2 is 2.33 bits per heavy atom. The summed E-state index contributed by atoms with van der Waals surface area (Å²) in [6.45, 7) is 6.01. The van der Waals surface area contributed by atoms with Gasteiger partial charge < -0.3 is 10.3 Å². The van der Waals surface area contributed by atoms with Crippen molar-refractivity contribution in [2.45, 2.75) is 45.1 Å². The standard InChI is InChI=1S/C11H18ClN3/c1-7(2)11-14-10(12)9-8(6-13)4-3-5-15(9)11/h7-8H,3-6,13H2,1-2H3. The predicted molar refractivity (Wildman–Crippen MR) is 62.4 cm³/mol. The maximum absolute atomic E-state index is 6.19. The zero-order valence-corrected chi connectivity index (χ0v) is 10.1. The van der Waals surface area contributed by atoms with Crippen LogP contribution in [0.1, 0.15) is 50.0 Å². The molecule has 1 aliphatic rings. The number of nitrogens with two attached hydrogens (primary N) is 1. The molecule has 3 nitrogen and oxygen atoms in total. The minimum Gasteiger partial charge on any atom is -0.330 e. The Hall–Kier alpha value is -0.540. The lowest BCUT2D eigenvalue weighted by Gasteiger charge is -2.25. The minimum absolute atomic E-state index is 0.395. The van der Waals surface area contributed by atoms with Crippen LogP contribution >= 0.6 is 11.6 Å². The molecule has 84 valence electrons. The molecule has 15 heavy (non-hydrogen) atoms. The lowest BCUT2D eigenvalue weighted by molar-refractivity contribution is 0.443. The summed E-state index contributed by atoms with van der Waals surface area (Å²) in [5, 5.41) is 0.661. The first-order chi connectivity index (χ1) is 7.15. The molecule has 1 aromatic heterocycles. The maximum atomic E-state index is 6.19. The number of nitrogens with zero attached hydrogens (tertiary/aromatic N) is 2. The molecule has 0 aliphatic carbocycles. The van der Waals surface area contributed by atoms with E-state index in [0.29, 0.717) is 23.5 Å². The number of fused-ring (bicyclic) bond motifs is 1. The second kappa shape index (κ2) is 4.14. The molecule has 0 amide bonds. The number of halogens is 1. The van der Waals surface area contributed by atoms with E-state index in [-0.39, 0.29) is 0 Å². The maximum Gasteiger partial charge on any atom is 0.150 e. The number of rotatable bonds is 2. The molecule has 0 radical (unpaired) electrons. The van der Waals surface area contributed by atoms with Gasteiger partial charge in [-0.15, -0.1) is 0 Å². The molecule has 0 saturated carbocycles. The van der Waals surface area contributed by atoms with Crippen LogP contribution in [0, 0.1) is 0 Å². The van der Waals surface area contributed by atoms with Crippen LogP contribution in [0.4, 0.5) is 0 Å². The number of hydrogen-bond acceptors (Lipinski definition) is 2. The first kappa shape index (κ1) is 11.0. The summed E-state index contributed by atoms with van der Waals surface area (Å²) in [7, 11) is 0. The first-order valence-corrected chi connectivity index (χ1v) is 5.98. The fourth-order valence-corrected chi connectivity index (χ4v) is 2.72. The number of aromatic nitrogens is 2. The Balaban J connectivity index is 2.48. The van der Waals surface area contributed by atoms with Crippen molar-refractivity contribution >= 4 is 11.6 Å². The van der Waals surface area contributed by atoms with Gasteiger partial charge in [-0.1, -0.05) is 25.4 Å². The highest BCUT2D eigenvalue weighted by molar-refractivity contribution is 6.30. The van der Waals surface area contributed by atoms with E-state index in [9.17, 15) is 0 Å². The Morgan fingerprint density at radius 1 is 1.60 bits per heavy atom. The van der Waals surface area contributed by atoms with E-state index < -0.39 is 0 Å². The van der Waals surface area contributed by atoms with Crippen LogP contribution in [0.3, 0.4) is 0 Å². The van der Waals surface area contributed by atoms with Crippen molar-refractivity contribution in [1.29, 1.82) is 0 Å². The van der Waals surface area contributed by atoms with Crippen LogP contribution in [0.5, 0.6) is 0 Å². The van der Waals surface area contributed by atoms with Gasteiger partial charge in [0.15, 0.2) is 5.15 Å². The van der Waals surface area contributed by atoms with Gasteiger partial charge in [0, 0.05) is 24.9 Å². The molecule has 1 unspecified atom stereocenters. The van der Waals surface area contributed by atoms with E-state index in [1.165, 1.54) is 6.42 Å². The predicted octanol–water partition coefficient (Wildman–Crippen LogP) is 2.50. The van der Waals surface area contributed by atoms with Crippen LogP contribution in [0.2, 0.25) is 5.15 Å². The topological polar surface area (TPSA) is 43.8 Å². The van der Waals surface area contributed by atoms with Crippen molar-refractivity contribution in [3.8, 4) is 0 Å². The average Bonchev–Trinajstić information content (AvgIpc) is 2.56. The van der Waals surface area contributed by atoms with Crippen molar-refractivity contribution in [3.63, 3.8) is 0 Å². The molecule has 0 saturated heterocycles. The monoisotopic (exact) mass is 227 g/mol. The van der Waals surface area contributed by atoms with Crippen molar-refractivity contribution in [2.24, 2.45) is 5.73 Å². The minimum atomic E-state index is 0.395. The summed E-state index contributed by atoms with van der Waals surface area (Å²) in [5.41, 5.74) is 6.93. The van der Waals surface area contributed by atoms with Gasteiger partial charge in [-0.2, -0.15) is 0 Å². The van der Waals surface area contributed by atoms with Gasteiger partial charge in [-0.25, -0.2) is 4.98 Å². The lowest BCUT2D eigenvalue weighted by atomic mass is 9.96. The molecule has 0 bridgehead atoms. The van der Waals surface area contributed by atoms with Gasteiger partial charge in [0.1, 0.15) is 5.82 Å². The van der Waals surface area contributed by atoms with Gasteiger partial charge in [0.25, 0.3) is 0 Å². The van der Waals surface area contributed by atoms with E-state index in [0.717, 1.165) is 24.5 Å². The second-order valence-electron chi connectivity index (χ2n) is 4.53. The van der Waals surface area contributed by atoms with Gasteiger partial charge in [-0.3, -0.25) is 0 Å². The van der Waals surface area contributed by atoms with E-state index in [1.54, 1.807) is 0 Å². The van der Waals surface area contributed by atoms with Gasteiger partial charge >= 0.3 is 0 Å². The fraction of sp³-hybridized carbons (Fsp3) is 0.727. The molecule has 2 rings (SSSR count).